The lowest BCUT2D eigenvalue weighted by Gasteiger charge is -2.26. The van der Waals surface area contributed by atoms with Crippen LogP contribution in [-0.2, 0) is 4.79 Å². The summed E-state index contributed by atoms with van der Waals surface area (Å²) in [5.41, 5.74) is 2.50. The Balaban J connectivity index is 1.85. The highest BCUT2D eigenvalue weighted by molar-refractivity contribution is 5.83. The van der Waals surface area contributed by atoms with Gasteiger partial charge in [0.2, 0.25) is 5.91 Å². The largest absolute Gasteiger partial charge is 0.393 e. The molecule has 0 aliphatic heterocycles. The second-order valence-corrected chi connectivity index (χ2v) is 7.24. The van der Waals surface area contributed by atoms with Gasteiger partial charge >= 0.3 is 0 Å². The van der Waals surface area contributed by atoms with Crippen LogP contribution in [0.1, 0.15) is 50.7 Å². The predicted octanol–water partition coefficient (Wildman–Crippen LogP) is 3.01. The minimum Gasteiger partial charge on any atom is -0.393 e. The molecule has 21 heavy (non-hydrogen) atoms. The molecule has 116 valence electrons. The Morgan fingerprint density at radius 1 is 1.43 bits per heavy atom. The number of aliphatic hydroxyl groups excluding tert-OH is 1. The van der Waals surface area contributed by atoms with Gasteiger partial charge in [-0.3, -0.25) is 4.79 Å². The molecular weight excluding hydrogens is 262 g/mol. The van der Waals surface area contributed by atoms with Crippen LogP contribution < -0.4 is 5.32 Å². The third-order valence-corrected chi connectivity index (χ3v) is 4.30. The molecule has 3 unspecified atom stereocenters. The van der Waals surface area contributed by atoms with Crippen LogP contribution in [0, 0.1) is 18.3 Å². The monoisotopic (exact) mass is 289 g/mol. The first-order valence-electron chi connectivity index (χ1n) is 7.81. The van der Waals surface area contributed by atoms with Crippen molar-refractivity contribution in [3.8, 4) is 0 Å². The average Bonchev–Trinajstić information content (AvgIpc) is 3.15. The number of aliphatic hydroxyl groups is 1. The molecule has 0 spiro atoms. The number of rotatable bonds is 6. The van der Waals surface area contributed by atoms with E-state index in [1.165, 1.54) is 11.1 Å². The van der Waals surface area contributed by atoms with E-state index in [9.17, 15) is 9.90 Å². The SMILES string of the molecule is Cc1ccccc1C1CC1C(=O)NCC(C)(C)CC(C)O. The molecule has 0 saturated heterocycles. The fraction of sp³-hybridized carbons (Fsp3) is 0.611. The standard InChI is InChI=1S/C18H27NO2/c1-12-7-5-6-8-14(12)15-9-16(15)17(21)19-11-18(3,4)10-13(2)20/h5-8,13,15-16,20H,9-11H2,1-4H3,(H,19,21). The van der Waals surface area contributed by atoms with Crippen LogP contribution in [0.5, 0.6) is 0 Å². The average molecular weight is 289 g/mol. The molecule has 1 aliphatic rings. The van der Waals surface area contributed by atoms with Crippen molar-refractivity contribution in [3.05, 3.63) is 35.4 Å². The molecule has 1 fully saturated rings. The summed E-state index contributed by atoms with van der Waals surface area (Å²) in [6.45, 7) is 8.66. The van der Waals surface area contributed by atoms with Gasteiger partial charge in [-0.05, 0) is 49.1 Å². The normalized spacial score (nSPS) is 22.7. The third kappa shape index (κ3) is 4.31. The molecular formula is C18H27NO2. The maximum absolute atomic E-state index is 12.3. The molecule has 2 rings (SSSR count). The number of aryl methyl sites for hydroxylation is 1. The first-order chi connectivity index (χ1) is 9.80. The highest BCUT2D eigenvalue weighted by Crippen LogP contribution is 2.48. The van der Waals surface area contributed by atoms with Crippen molar-refractivity contribution >= 4 is 5.91 Å². The minimum atomic E-state index is -0.336. The van der Waals surface area contributed by atoms with Crippen molar-refractivity contribution in [2.45, 2.75) is 52.6 Å². The highest BCUT2D eigenvalue weighted by atomic mass is 16.3. The van der Waals surface area contributed by atoms with Crippen LogP contribution in [0.15, 0.2) is 24.3 Å². The molecule has 3 atom stereocenters. The Labute approximate surface area is 127 Å². The quantitative estimate of drug-likeness (QED) is 0.846. The molecule has 0 aromatic heterocycles. The van der Waals surface area contributed by atoms with Gasteiger partial charge in [-0.25, -0.2) is 0 Å². The predicted molar refractivity (Wildman–Crippen MR) is 85.1 cm³/mol. The topological polar surface area (TPSA) is 49.3 Å². The van der Waals surface area contributed by atoms with E-state index < -0.39 is 0 Å². The van der Waals surface area contributed by atoms with E-state index in [0.717, 1.165) is 6.42 Å². The van der Waals surface area contributed by atoms with Gasteiger partial charge in [-0.15, -0.1) is 0 Å². The second-order valence-electron chi connectivity index (χ2n) is 7.24. The van der Waals surface area contributed by atoms with Gasteiger partial charge in [0.1, 0.15) is 0 Å². The Bertz CT molecular complexity index is 508. The molecule has 0 radical (unpaired) electrons. The van der Waals surface area contributed by atoms with Crippen molar-refractivity contribution < 1.29 is 9.90 Å². The summed E-state index contributed by atoms with van der Waals surface area (Å²) < 4.78 is 0. The summed E-state index contributed by atoms with van der Waals surface area (Å²) in [6, 6.07) is 8.31. The van der Waals surface area contributed by atoms with Gasteiger partial charge in [0.05, 0.1) is 6.10 Å². The minimum absolute atomic E-state index is 0.0725. The molecule has 3 heteroatoms. The van der Waals surface area contributed by atoms with E-state index in [1.807, 2.05) is 12.1 Å². The van der Waals surface area contributed by atoms with Crippen molar-refractivity contribution in [1.29, 1.82) is 0 Å². The summed E-state index contributed by atoms with van der Waals surface area (Å²) in [5, 5.41) is 12.5. The van der Waals surface area contributed by atoms with Gasteiger partial charge in [-0.2, -0.15) is 0 Å². The lowest BCUT2D eigenvalue weighted by atomic mass is 9.87. The zero-order valence-corrected chi connectivity index (χ0v) is 13.5. The van der Waals surface area contributed by atoms with Gasteiger partial charge in [0.25, 0.3) is 0 Å². The second kappa shape index (κ2) is 6.18. The smallest absolute Gasteiger partial charge is 0.223 e. The van der Waals surface area contributed by atoms with E-state index in [1.54, 1.807) is 6.92 Å². The van der Waals surface area contributed by atoms with E-state index in [4.69, 9.17) is 0 Å². The Hall–Kier alpha value is -1.35. The lowest BCUT2D eigenvalue weighted by Crippen LogP contribution is -2.36. The number of carbonyl (C=O) groups is 1. The van der Waals surface area contributed by atoms with E-state index >= 15 is 0 Å². The molecule has 1 aromatic rings. The molecule has 1 aromatic carbocycles. The Kier molecular flexibility index (Phi) is 4.72. The van der Waals surface area contributed by atoms with Crippen molar-refractivity contribution in [1.82, 2.24) is 5.32 Å². The fourth-order valence-electron chi connectivity index (χ4n) is 3.16. The summed E-state index contributed by atoms with van der Waals surface area (Å²) in [5.74, 6) is 0.654. The van der Waals surface area contributed by atoms with Crippen LogP contribution in [0.25, 0.3) is 0 Å². The Morgan fingerprint density at radius 3 is 2.71 bits per heavy atom. The van der Waals surface area contributed by atoms with Gasteiger partial charge < -0.3 is 10.4 Å². The summed E-state index contributed by atoms with van der Waals surface area (Å²) in [6.07, 6.45) is 1.31. The first kappa shape index (κ1) is 16.0. The zero-order chi connectivity index (χ0) is 15.6. The number of benzene rings is 1. The molecule has 1 saturated carbocycles. The van der Waals surface area contributed by atoms with E-state index in [-0.39, 0.29) is 23.3 Å². The fourth-order valence-corrected chi connectivity index (χ4v) is 3.16. The molecule has 3 nitrogen and oxygen atoms in total. The van der Waals surface area contributed by atoms with Crippen LogP contribution >= 0.6 is 0 Å². The van der Waals surface area contributed by atoms with Crippen molar-refractivity contribution in [2.75, 3.05) is 6.54 Å². The highest BCUT2D eigenvalue weighted by Gasteiger charge is 2.44. The number of nitrogens with one attached hydrogen (secondary N) is 1. The summed E-state index contributed by atoms with van der Waals surface area (Å²) in [7, 11) is 0. The molecule has 1 amide bonds. The van der Waals surface area contributed by atoms with Gasteiger partial charge in [0.15, 0.2) is 0 Å². The van der Waals surface area contributed by atoms with E-state index in [2.05, 4.69) is 38.2 Å². The van der Waals surface area contributed by atoms with Crippen molar-refractivity contribution in [3.63, 3.8) is 0 Å². The maximum atomic E-state index is 12.3. The van der Waals surface area contributed by atoms with Crippen LogP contribution in [-0.4, -0.2) is 23.7 Å². The number of amides is 1. The maximum Gasteiger partial charge on any atom is 0.223 e. The molecule has 0 heterocycles. The summed E-state index contributed by atoms with van der Waals surface area (Å²) in [4.78, 5) is 12.3. The van der Waals surface area contributed by atoms with E-state index in [0.29, 0.717) is 18.9 Å². The summed E-state index contributed by atoms with van der Waals surface area (Å²) >= 11 is 0. The lowest BCUT2D eigenvalue weighted by molar-refractivity contribution is -0.123. The number of hydrogen-bond acceptors (Lipinski definition) is 2. The van der Waals surface area contributed by atoms with Crippen LogP contribution in [0.2, 0.25) is 0 Å². The van der Waals surface area contributed by atoms with Gasteiger partial charge in [0, 0.05) is 12.5 Å². The molecule has 2 N–H and O–H groups in total. The van der Waals surface area contributed by atoms with Crippen molar-refractivity contribution in [2.24, 2.45) is 11.3 Å². The number of hydrogen-bond donors (Lipinski definition) is 2. The Morgan fingerprint density at radius 2 is 2.10 bits per heavy atom. The van der Waals surface area contributed by atoms with Crippen LogP contribution in [0.3, 0.4) is 0 Å². The van der Waals surface area contributed by atoms with Gasteiger partial charge in [-0.1, -0.05) is 38.1 Å². The third-order valence-electron chi connectivity index (χ3n) is 4.30. The zero-order valence-electron chi connectivity index (χ0n) is 13.5. The van der Waals surface area contributed by atoms with Crippen LogP contribution in [0.4, 0.5) is 0 Å². The molecule has 0 bridgehead atoms. The molecule has 1 aliphatic carbocycles. The first-order valence-corrected chi connectivity index (χ1v) is 7.81. The number of carbonyl (C=O) groups excluding carboxylic acids is 1.